The van der Waals surface area contributed by atoms with Crippen LogP contribution >= 0.6 is 12.2 Å². The predicted molar refractivity (Wildman–Crippen MR) is 139 cm³/mol. The molecular weight excluding hydrogens is 448 g/mol. The molecule has 2 amide bonds. The van der Waals surface area contributed by atoms with Gasteiger partial charge in [-0.05, 0) is 73.4 Å². The van der Waals surface area contributed by atoms with Crippen LogP contribution < -0.4 is 15.1 Å². The number of ether oxygens (including phenoxy) is 1. The van der Waals surface area contributed by atoms with Crippen molar-refractivity contribution in [1.29, 1.82) is 0 Å². The van der Waals surface area contributed by atoms with E-state index >= 15 is 0 Å². The largest absolute Gasteiger partial charge is 0.378 e. The molecule has 0 bridgehead atoms. The Hall–Kier alpha value is -2.97. The lowest BCUT2D eigenvalue weighted by atomic mass is 10.1. The van der Waals surface area contributed by atoms with Crippen molar-refractivity contribution in [3.8, 4) is 0 Å². The van der Waals surface area contributed by atoms with E-state index in [1.54, 1.807) is 4.90 Å². The number of rotatable bonds is 8. The SMILES string of the molecule is CCc1ccc(NC(=O)C[C@H]2C(=O)N(c3ccc(N(C)C)cc3)C(=S)N2C[C@H]2CCCO2)cc1. The number of carbonyl (C=O) groups is 2. The van der Waals surface area contributed by atoms with Gasteiger partial charge in [-0.1, -0.05) is 19.1 Å². The summed E-state index contributed by atoms with van der Waals surface area (Å²) < 4.78 is 5.82. The third kappa shape index (κ3) is 5.23. The second-order valence-electron chi connectivity index (χ2n) is 8.97. The lowest BCUT2D eigenvalue weighted by Crippen LogP contribution is -2.42. The van der Waals surface area contributed by atoms with Gasteiger partial charge in [0.25, 0.3) is 5.91 Å². The monoisotopic (exact) mass is 480 g/mol. The molecule has 8 heteroatoms. The number of carbonyl (C=O) groups excluding carboxylic acids is 2. The number of benzene rings is 2. The second kappa shape index (κ2) is 10.5. The number of thiocarbonyl (C=S) groups is 1. The van der Waals surface area contributed by atoms with E-state index in [9.17, 15) is 9.59 Å². The smallest absolute Gasteiger partial charge is 0.256 e. The predicted octanol–water partition coefficient (Wildman–Crippen LogP) is 3.82. The van der Waals surface area contributed by atoms with Gasteiger partial charge in [0.15, 0.2) is 5.11 Å². The zero-order chi connectivity index (χ0) is 24.2. The molecule has 0 saturated carbocycles. The van der Waals surface area contributed by atoms with Crippen LogP contribution in [0.3, 0.4) is 0 Å². The molecule has 2 fully saturated rings. The van der Waals surface area contributed by atoms with Crippen molar-refractivity contribution >= 4 is 46.2 Å². The van der Waals surface area contributed by atoms with E-state index in [0.717, 1.165) is 30.6 Å². The maximum Gasteiger partial charge on any atom is 0.256 e. The van der Waals surface area contributed by atoms with Crippen molar-refractivity contribution < 1.29 is 14.3 Å². The van der Waals surface area contributed by atoms with Crippen molar-refractivity contribution in [3.63, 3.8) is 0 Å². The molecule has 4 rings (SSSR count). The van der Waals surface area contributed by atoms with Crippen LogP contribution in [0.25, 0.3) is 0 Å². The highest BCUT2D eigenvalue weighted by atomic mass is 32.1. The molecule has 2 atom stereocenters. The highest BCUT2D eigenvalue weighted by Crippen LogP contribution is 2.30. The first kappa shape index (κ1) is 24.2. The maximum absolute atomic E-state index is 13.6. The van der Waals surface area contributed by atoms with Crippen LogP contribution in [-0.2, 0) is 20.7 Å². The summed E-state index contributed by atoms with van der Waals surface area (Å²) in [5.74, 6) is -0.398. The number of nitrogens with zero attached hydrogens (tertiary/aromatic N) is 3. The van der Waals surface area contributed by atoms with E-state index < -0.39 is 6.04 Å². The summed E-state index contributed by atoms with van der Waals surface area (Å²) in [6.45, 7) is 3.30. The quantitative estimate of drug-likeness (QED) is 0.580. The normalized spacial score (nSPS) is 20.2. The molecule has 2 saturated heterocycles. The number of anilines is 3. The number of aryl methyl sites for hydroxylation is 1. The summed E-state index contributed by atoms with van der Waals surface area (Å²) in [4.78, 5) is 31.9. The Morgan fingerprint density at radius 2 is 1.85 bits per heavy atom. The number of nitrogens with one attached hydrogen (secondary N) is 1. The number of hydrogen-bond acceptors (Lipinski definition) is 5. The lowest BCUT2D eigenvalue weighted by molar-refractivity contribution is -0.124. The van der Waals surface area contributed by atoms with Crippen LogP contribution in [0.4, 0.5) is 17.1 Å². The molecule has 1 N–H and O–H groups in total. The summed E-state index contributed by atoms with van der Waals surface area (Å²) in [5, 5.41) is 3.35. The Balaban J connectivity index is 1.53. The Morgan fingerprint density at radius 3 is 2.44 bits per heavy atom. The van der Waals surface area contributed by atoms with E-state index in [0.29, 0.717) is 24.0 Å². The summed E-state index contributed by atoms with van der Waals surface area (Å²) in [6.07, 6.45) is 2.88. The molecule has 180 valence electrons. The standard InChI is InChI=1S/C26H32N4O3S/c1-4-18-7-9-19(10-8-18)27-24(31)16-23-25(32)30(21-13-11-20(12-14-21)28(2)3)26(34)29(23)17-22-6-5-15-33-22/h7-14,22-23H,4-6,15-17H2,1-3H3,(H,27,31)/t22-,23+/m1/s1. The molecule has 2 aromatic rings. The van der Waals surface area contributed by atoms with E-state index in [1.165, 1.54) is 5.56 Å². The molecule has 2 heterocycles. The fraction of sp³-hybridized carbons (Fsp3) is 0.423. The average molecular weight is 481 g/mol. The Bertz CT molecular complexity index is 1030. The van der Waals surface area contributed by atoms with E-state index in [-0.39, 0.29) is 24.3 Å². The van der Waals surface area contributed by atoms with Gasteiger partial charge in [0, 0.05) is 38.6 Å². The number of hydrogen-bond donors (Lipinski definition) is 1. The van der Waals surface area contributed by atoms with Gasteiger partial charge in [0.05, 0.1) is 18.2 Å². The first-order chi connectivity index (χ1) is 16.4. The zero-order valence-electron chi connectivity index (χ0n) is 20.0. The van der Waals surface area contributed by atoms with Crippen molar-refractivity contribution in [2.24, 2.45) is 0 Å². The Morgan fingerprint density at radius 1 is 1.15 bits per heavy atom. The summed E-state index contributed by atoms with van der Waals surface area (Å²) in [7, 11) is 3.93. The van der Waals surface area contributed by atoms with Crippen molar-refractivity contribution in [2.75, 3.05) is 42.4 Å². The minimum atomic E-state index is -0.667. The van der Waals surface area contributed by atoms with Crippen LogP contribution in [0.15, 0.2) is 48.5 Å². The maximum atomic E-state index is 13.6. The minimum absolute atomic E-state index is 0.00830. The van der Waals surface area contributed by atoms with Gasteiger partial charge >= 0.3 is 0 Å². The third-order valence-electron chi connectivity index (χ3n) is 6.39. The lowest BCUT2D eigenvalue weighted by Gasteiger charge is -2.26. The van der Waals surface area contributed by atoms with Gasteiger partial charge < -0.3 is 19.9 Å². The van der Waals surface area contributed by atoms with Crippen molar-refractivity contribution in [3.05, 3.63) is 54.1 Å². The first-order valence-corrected chi connectivity index (χ1v) is 12.2. The molecule has 0 spiro atoms. The highest BCUT2D eigenvalue weighted by Gasteiger charge is 2.45. The van der Waals surface area contributed by atoms with Crippen LogP contribution in [0.1, 0.15) is 31.7 Å². The molecule has 0 aromatic heterocycles. The summed E-state index contributed by atoms with van der Waals surface area (Å²) >= 11 is 5.76. The van der Waals surface area contributed by atoms with Gasteiger partial charge in [-0.25, -0.2) is 0 Å². The Labute approximate surface area is 206 Å². The molecule has 34 heavy (non-hydrogen) atoms. The fourth-order valence-corrected chi connectivity index (χ4v) is 4.80. The topological polar surface area (TPSA) is 65.1 Å². The van der Waals surface area contributed by atoms with Crippen molar-refractivity contribution in [1.82, 2.24) is 4.90 Å². The van der Waals surface area contributed by atoms with Gasteiger partial charge in [-0.3, -0.25) is 14.5 Å². The third-order valence-corrected chi connectivity index (χ3v) is 6.81. The molecule has 2 aromatic carbocycles. The molecular formula is C26H32N4O3S. The molecule has 0 aliphatic carbocycles. The highest BCUT2D eigenvalue weighted by molar-refractivity contribution is 7.80. The first-order valence-electron chi connectivity index (χ1n) is 11.8. The second-order valence-corrected chi connectivity index (χ2v) is 9.34. The van der Waals surface area contributed by atoms with Crippen LogP contribution in [0, 0.1) is 0 Å². The van der Waals surface area contributed by atoms with E-state index in [1.807, 2.05) is 72.4 Å². The van der Waals surface area contributed by atoms with Crippen molar-refractivity contribution in [2.45, 2.75) is 44.8 Å². The van der Waals surface area contributed by atoms with Crippen LogP contribution in [-0.4, -0.2) is 61.2 Å². The van der Waals surface area contributed by atoms with Crippen LogP contribution in [0.2, 0.25) is 0 Å². The van der Waals surface area contributed by atoms with E-state index in [2.05, 4.69) is 12.2 Å². The molecule has 2 aliphatic rings. The zero-order valence-corrected chi connectivity index (χ0v) is 20.8. The number of amides is 2. The fourth-order valence-electron chi connectivity index (χ4n) is 4.40. The average Bonchev–Trinajstić information content (AvgIpc) is 3.42. The Kier molecular flexibility index (Phi) is 7.48. The minimum Gasteiger partial charge on any atom is -0.378 e. The molecule has 7 nitrogen and oxygen atoms in total. The van der Waals surface area contributed by atoms with Gasteiger partial charge in [-0.15, -0.1) is 0 Å². The molecule has 0 unspecified atom stereocenters. The van der Waals surface area contributed by atoms with Crippen LogP contribution in [0.5, 0.6) is 0 Å². The molecule has 2 aliphatic heterocycles. The van der Waals surface area contributed by atoms with Gasteiger partial charge in [0.1, 0.15) is 6.04 Å². The summed E-state index contributed by atoms with van der Waals surface area (Å²) in [6, 6.07) is 14.8. The van der Waals surface area contributed by atoms with Gasteiger partial charge in [-0.2, -0.15) is 0 Å². The molecule has 0 radical (unpaired) electrons. The summed E-state index contributed by atoms with van der Waals surface area (Å²) in [5.41, 5.74) is 3.66. The van der Waals surface area contributed by atoms with Gasteiger partial charge in [0.2, 0.25) is 5.91 Å². The van der Waals surface area contributed by atoms with E-state index in [4.69, 9.17) is 17.0 Å².